The Labute approximate surface area is 144 Å². The second kappa shape index (κ2) is 6.09. The third-order valence-corrected chi connectivity index (χ3v) is 4.25. The van der Waals surface area contributed by atoms with Crippen molar-refractivity contribution in [3.63, 3.8) is 0 Å². The van der Waals surface area contributed by atoms with E-state index in [0.29, 0.717) is 26.8 Å². The highest BCUT2D eigenvalue weighted by molar-refractivity contribution is 9.10. The van der Waals surface area contributed by atoms with Gasteiger partial charge in [0.15, 0.2) is 0 Å². The average Bonchev–Trinajstić information content (AvgIpc) is 2.90. The van der Waals surface area contributed by atoms with Crippen LogP contribution in [0.3, 0.4) is 0 Å². The van der Waals surface area contributed by atoms with Crippen molar-refractivity contribution in [2.45, 2.75) is 0 Å². The van der Waals surface area contributed by atoms with Crippen molar-refractivity contribution in [1.82, 2.24) is 15.0 Å². The van der Waals surface area contributed by atoms with Crippen molar-refractivity contribution in [3.8, 4) is 6.07 Å². The van der Waals surface area contributed by atoms with Gasteiger partial charge >= 0.3 is 0 Å². The number of nitriles is 1. The van der Waals surface area contributed by atoms with Crippen LogP contribution in [0.2, 0.25) is 10.0 Å². The molecular weight excluding hydrogens is 387 g/mol. The highest BCUT2D eigenvalue weighted by Gasteiger charge is 2.11. The molecule has 0 aliphatic rings. The molecule has 0 saturated heterocycles. The lowest BCUT2D eigenvalue weighted by Crippen LogP contribution is -1.97. The molecule has 3 rings (SSSR count). The summed E-state index contributed by atoms with van der Waals surface area (Å²) in [5.41, 5.74) is 2.41. The van der Waals surface area contributed by atoms with E-state index in [1.807, 2.05) is 24.3 Å². The van der Waals surface area contributed by atoms with E-state index in [2.05, 4.69) is 32.3 Å². The molecule has 0 unspecified atom stereocenters. The summed E-state index contributed by atoms with van der Waals surface area (Å²) in [5.74, 6) is 0. The summed E-state index contributed by atoms with van der Waals surface area (Å²) < 4.78 is 2.41. The van der Waals surface area contributed by atoms with E-state index in [0.717, 1.165) is 10.0 Å². The zero-order chi connectivity index (χ0) is 15.7. The van der Waals surface area contributed by atoms with E-state index in [1.54, 1.807) is 18.2 Å². The standard InChI is InChI=1S/C15H7BrCl2N4/c16-10-3-1-9(2-4-10)5-11(8-19)22-15-7-13(18)12(17)6-14(15)20-21-22/h1-7H/b11-5+. The lowest BCUT2D eigenvalue weighted by atomic mass is 10.2. The van der Waals surface area contributed by atoms with Gasteiger partial charge in [-0.15, -0.1) is 5.10 Å². The Hall–Kier alpha value is -1.87. The Balaban J connectivity index is 2.13. The summed E-state index contributed by atoms with van der Waals surface area (Å²) in [5, 5.41) is 18.2. The Morgan fingerprint density at radius 3 is 2.55 bits per heavy atom. The van der Waals surface area contributed by atoms with Crippen LogP contribution in [-0.4, -0.2) is 15.0 Å². The minimum Gasteiger partial charge on any atom is -0.202 e. The van der Waals surface area contributed by atoms with Gasteiger partial charge in [0.2, 0.25) is 0 Å². The molecule has 3 aromatic rings. The van der Waals surface area contributed by atoms with Gasteiger partial charge in [0, 0.05) is 4.47 Å². The Kier molecular flexibility index (Phi) is 4.16. The smallest absolute Gasteiger partial charge is 0.145 e. The summed E-state index contributed by atoms with van der Waals surface area (Å²) in [7, 11) is 0. The molecule has 108 valence electrons. The third kappa shape index (κ3) is 2.86. The molecule has 1 heterocycles. The first-order valence-electron chi connectivity index (χ1n) is 6.16. The summed E-state index contributed by atoms with van der Waals surface area (Å²) >= 11 is 15.4. The van der Waals surface area contributed by atoms with Crippen molar-refractivity contribution >= 4 is 61.9 Å². The SMILES string of the molecule is N#C/C(=C\c1ccc(Br)cc1)n1nnc2cc(Cl)c(Cl)cc21. The number of nitrogens with zero attached hydrogens (tertiary/aromatic N) is 4. The molecule has 4 nitrogen and oxygen atoms in total. The van der Waals surface area contributed by atoms with Crippen molar-refractivity contribution in [2.75, 3.05) is 0 Å². The quantitative estimate of drug-likeness (QED) is 0.574. The van der Waals surface area contributed by atoms with Gasteiger partial charge < -0.3 is 0 Å². The molecule has 0 fully saturated rings. The molecule has 1 aromatic heterocycles. The molecule has 7 heteroatoms. The van der Waals surface area contributed by atoms with Crippen LogP contribution in [0.5, 0.6) is 0 Å². The average molecular weight is 394 g/mol. The second-order valence-electron chi connectivity index (χ2n) is 4.45. The van der Waals surface area contributed by atoms with Crippen LogP contribution in [0.1, 0.15) is 5.56 Å². The van der Waals surface area contributed by atoms with Gasteiger partial charge in [0.05, 0.1) is 15.6 Å². The van der Waals surface area contributed by atoms with Crippen LogP contribution < -0.4 is 0 Å². The maximum Gasteiger partial charge on any atom is 0.145 e. The molecule has 0 spiro atoms. The first-order valence-corrected chi connectivity index (χ1v) is 7.71. The monoisotopic (exact) mass is 392 g/mol. The van der Waals surface area contributed by atoms with Crippen LogP contribution in [0.15, 0.2) is 40.9 Å². The van der Waals surface area contributed by atoms with Gasteiger partial charge in [0.1, 0.15) is 17.3 Å². The molecule has 0 N–H and O–H groups in total. The molecule has 22 heavy (non-hydrogen) atoms. The normalized spacial score (nSPS) is 11.6. The molecule has 0 aliphatic carbocycles. The second-order valence-corrected chi connectivity index (χ2v) is 6.18. The summed E-state index contributed by atoms with van der Waals surface area (Å²) in [4.78, 5) is 0. The number of allylic oxidation sites excluding steroid dienone is 1. The number of fused-ring (bicyclic) bond motifs is 1. The number of rotatable bonds is 2. The van der Waals surface area contributed by atoms with Gasteiger partial charge in [-0.1, -0.05) is 56.5 Å². The van der Waals surface area contributed by atoms with Gasteiger partial charge in [0.25, 0.3) is 0 Å². The summed E-state index contributed by atoms with van der Waals surface area (Å²) in [6.07, 6.45) is 1.73. The third-order valence-electron chi connectivity index (χ3n) is 3.00. The lowest BCUT2D eigenvalue weighted by Gasteiger charge is -2.02. The van der Waals surface area contributed by atoms with Gasteiger partial charge in [-0.3, -0.25) is 0 Å². The molecule has 2 aromatic carbocycles. The summed E-state index contributed by atoms with van der Waals surface area (Å²) in [6.45, 7) is 0. The molecule has 0 radical (unpaired) electrons. The van der Waals surface area contributed by atoms with E-state index in [1.165, 1.54) is 4.68 Å². The van der Waals surface area contributed by atoms with E-state index in [9.17, 15) is 5.26 Å². The van der Waals surface area contributed by atoms with E-state index in [-0.39, 0.29) is 0 Å². The van der Waals surface area contributed by atoms with Crippen LogP contribution in [-0.2, 0) is 0 Å². The zero-order valence-corrected chi connectivity index (χ0v) is 14.1. The molecule has 0 amide bonds. The van der Waals surface area contributed by atoms with E-state index < -0.39 is 0 Å². The predicted octanol–water partition coefficient (Wildman–Crippen LogP) is 5.02. The van der Waals surface area contributed by atoms with Gasteiger partial charge in [-0.2, -0.15) is 5.26 Å². The largest absolute Gasteiger partial charge is 0.202 e. The molecule has 0 bridgehead atoms. The van der Waals surface area contributed by atoms with Crippen molar-refractivity contribution < 1.29 is 0 Å². The maximum absolute atomic E-state index is 9.42. The van der Waals surface area contributed by atoms with E-state index in [4.69, 9.17) is 23.2 Å². The fourth-order valence-electron chi connectivity index (χ4n) is 1.95. The molecule has 0 atom stereocenters. The van der Waals surface area contributed by atoms with E-state index >= 15 is 0 Å². The summed E-state index contributed by atoms with van der Waals surface area (Å²) in [6, 6.07) is 13.0. The minimum atomic E-state index is 0.336. The first kappa shape index (κ1) is 15.0. The minimum absolute atomic E-state index is 0.336. The number of hydrogen-bond acceptors (Lipinski definition) is 3. The highest BCUT2D eigenvalue weighted by Crippen LogP contribution is 2.28. The van der Waals surface area contributed by atoms with Crippen LogP contribution >= 0.6 is 39.1 Å². The van der Waals surface area contributed by atoms with Gasteiger partial charge in [-0.25, -0.2) is 4.68 Å². The number of benzene rings is 2. The van der Waals surface area contributed by atoms with Crippen LogP contribution in [0, 0.1) is 11.3 Å². The molecular formula is C15H7BrCl2N4. The van der Waals surface area contributed by atoms with Crippen LogP contribution in [0.4, 0.5) is 0 Å². The first-order chi connectivity index (χ1) is 10.6. The van der Waals surface area contributed by atoms with Gasteiger partial charge in [-0.05, 0) is 35.9 Å². The van der Waals surface area contributed by atoms with Crippen LogP contribution in [0.25, 0.3) is 22.8 Å². The number of hydrogen-bond donors (Lipinski definition) is 0. The van der Waals surface area contributed by atoms with Crippen molar-refractivity contribution in [2.24, 2.45) is 0 Å². The molecule has 0 aliphatic heterocycles. The Morgan fingerprint density at radius 2 is 1.86 bits per heavy atom. The van der Waals surface area contributed by atoms with Crippen molar-refractivity contribution in [1.29, 1.82) is 5.26 Å². The fourth-order valence-corrected chi connectivity index (χ4v) is 2.53. The number of aromatic nitrogens is 3. The zero-order valence-electron chi connectivity index (χ0n) is 11.0. The number of halogens is 3. The fraction of sp³-hybridized carbons (Fsp3) is 0. The lowest BCUT2D eigenvalue weighted by molar-refractivity contribution is 0.848. The maximum atomic E-state index is 9.42. The molecule has 0 saturated carbocycles. The highest BCUT2D eigenvalue weighted by atomic mass is 79.9. The topological polar surface area (TPSA) is 54.5 Å². The Bertz CT molecular complexity index is 923. The predicted molar refractivity (Wildman–Crippen MR) is 91.5 cm³/mol. The van der Waals surface area contributed by atoms with Crippen molar-refractivity contribution in [3.05, 3.63) is 56.5 Å². The Morgan fingerprint density at radius 1 is 1.18 bits per heavy atom.